The van der Waals surface area contributed by atoms with Crippen molar-refractivity contribution < 1.29 is 22.7 Å². The number of methoxy groups -OCH3 is 2. The quantitative estimate of drug-likeness (QED) is 0.647. The molecule has 0 aliphatic rings. The lowest BCUT2D eigenvalue weighted by Crippen LogP contribution is -2.28. The molecule has 1 N–H and O–H groups in total. The summed E-state index contributed by atoms with van der Waals surface area (Å²) in [5.74, 6) is 0.317. The zero-order valence-corrected chi connectivity index (χ0v) is 17.4. The first-order valence-electron chi connectivity index (χ1n) is 8.82. The zero-order chi connectivity index (χ0) is 20.7. The standard InChI is InChI=1S/C20H26N2O5S/c1-15-6-7-16(20(23)21-12-5-13-26-3)14-19(15)22(2)28(24,25)18-10-8-17(27-4)9-11-18/h6-11,14H,5,12-13H2,1-4H3,(H,21,23). The third kappa shape index (κ3) is 5.02. The highest BCUT2D eigenvalue weighted by Crippen LogP contribution is 2.27. The first-order valence-corrected chi connectivity index (χ1v) is 10.3. The molecule has 2 aromatic rings. The van der Waals surface area contributed by atoms with Crippen LogP contribution >= 0.6 is 0 Å². The first kappa shape index (κ1) is 21.7. The summed E-state index contributed by atoms with van der Waals surface area (Å²) in [6.45, 7) is 2.84. The lowest BCUT2D eigenvalue weighted by molar-refractivity contribution is 0.0948. The van der Waals surface area contributed by atoms with Gasteiger partial charge in [-0.25, -0.2) is 8.42 Å². The van der Waals surface area contributed by atoms with Crippen molar-refractivity contribution in [3.05, 3.63) is 53.6 Å². The second-order valence-corrected chi connectivity index (χ2v) is 8.22. The number of sulfonamides is 1. The Balaban J connectivity index is 2.26. The summed E-state index contributed by atoms with van der Waals surface area (Å²) >= 11 is 0. The van der Waals surface area contributed by atoms with E-state index >= 15 is 0 Å². The molecule has 0 radical (unpaired) electrons. The molecule has 0 aliphatic heterocycles. The fraction of sp³-hybridized carbons (Fsp3) is 0.350. The van der Waals surface area contributed by atoms with E-state index < -0.39 is 10.0 Å². The molecule has 2 rings (SSSR count). The van der Waals surface area contributed by atoms with Crippen LogP contribution in [0.2, 0.25) is 0 Å². The average molecular weight is 407 g/mol. The molecule has 0 aromatic heterocycles. The van der Waals surface area contributed by atoms with Crippen LogP contribution in [0.4, 0.5) is 5.69 Å². The van der Waals surface area contributed by atoms with Crippen LogP contribution in [0, 0.1) is 6.92 Å². The van der Waals surface area contributed by atoms with E-state index in [2.05, 4.69) is 5.32 Å². The predicted octanol–water partition coefficient (Wildman–Crippen LogP) is 2.60. The number of aryl methyl sites for hydroxylation is 1. The smallest absolute Gasteiger partial charge is 0.264 e. The maximum Gasteiger partial charge on any atom is 0.264 e. The molecule has 0 atom stereocenters. The monoisotopic (exact) mass is 406 g/mol. The number of carbonyl (C=O) groups is 1. The van der Waals surface area contributed by atoms with Gasteiger partial charge in [0.25, 0.3) is 15.9 Å². The Morgan fingerprint density at radius 2 is 1.79 bits per heavy atom. The molecular weight excluding hydrogens is 380 g/mol. The van der Waals surface area contributed by atoms with E-state index in [4.69, 9.17) is 9.47 Å². The number of benzene rings is 2. The maximum absolute atomic E-state index is 13.0. The van der Waals surface area contributed by atoms with Crippen molar-refractivity contribution in [1.29, 1.82) is 0 Å². The van der Waals surface area contributed by atoms with Crippen LogP contribution in [0.15, 0.2) is 47.4 Å². The van der Waals surface area contributed by atoms with Crippen molar-refractivity contribution in [1.82, 2.24) is 5.32 Å². The van der Waals surface area contributed by atoms with Gasteiger partial charge in [0.05, 0.1) is 17.7 Å². The summed E-state index contributed by atoms with van der Waals surface area (Å²) in [6.07, 6.45) is 0.701. The molecule has 2 aromatic carbocycles. The number of carbonyl (C=O) groups excluding carboxylic acids is 1. The number of nitrogens with zero attached hydrogens (tertiary/aromatic N) is 1. The van der Waals surface area contributed by atoms with Crippen molar-refractivity contribution in [2.45, 2.75) is 18.2 Å². The molecule has 0 fully saturated rings. The van der Waals surface area contributed by atoms with E-state index in [9.17, 15) is 13.2 Å². The van der Waals surface area contributed by atoms with Gasteiger partial charge in [0.15, 0.2) is 0 Å². The molecule has 28 heavy (non-hydrogen) atoms. The molecule has 0 heterocycles. The van der Waals surface area contributed by atoms with Gasteiger partial charge in [0.2, 0.25) is 0 Å². The van der Waals surface area contributed by atoms with Gasteiger partial charge < -0.3 is 14.8 Å². The van der Waals surface area contributed by atoms with Crippen LogP contribution in [0.3, 0.4) is 0 Å². The topological polar surface area (TPSA) is 84.9 Å². The van der Waals surface area contributed by atoms with Crippen molar-refractivity contribution in [3.63, 3.8) is 0 Å². The van der Waals surface area contributed by atoms with E-state index in [-0.39, 0.29) is 10.8 Å². The number of amides is 1. The van der Waals surface area contributed by atoms with E-state index in [0.29, 0.717) is 36.6 Å². The number of nitrogens with one attached hydrogen (secondary N) is 1. The van der Waals surface area contributed by atoms with Gasteiger partial charge in [-0.2, -0.15) is 0 Å². The summed E-state index contributed by atoms with van der Waals surface area (Å²) in [6, 6.07) is 11.2. The molecule has 0 aliphatic carbocycles. The highest BCUT2D eigenvalue weighted by molar-refractivity contribution is 7.92. The lowest BCUT2D eigenvalue weighted by atomic mass is 10.1. The van der Waals surface area contributed by atoms with Crippen LogP contribution in [-0.4, -0.2) is 48.7 Å². The van der Waals surface area contributed by atoms with Crippen LogP contribution in [0.5, 0.6) is 5.75 Å². The minimum absolute atomic E-state index is 0.143. The molecule has 8 heteroatoms. The number of ether oxygens (including phenoxy) is 2. The van der Waals surface area contributed by atoms with Gasteiger partial charge >= 0.3 is 0 Å². The second-order valence-electron chi connectivity index (χ2n) is 6.25. The summed E-state index contributed by atoms with van der Waals surface area (Å²) < 4.78 is 37.2. The first-order chi connectivity index (χ1) is 13.3. The van der Waals surface area contributed by atoms with E-state index in [0.717, 1.165) is 5.56 Å². The third-order valence-corrected chi connectivity index (χ3v) is 6.12. The molecular formula is C20H26N2O5S. The summed E-state index contributed by atoms with van der Waals surface area (Å²) in [5, 5.41) is 2.80. The normalized spacial score (nSPS) is 11.1. The molecule has 152 valence electrons. The summed E-state index contributed by atoms with van der Waals surface area (Å²) in [7, 11) is 0.821. The summed E-state index contributed by atoms with van der Waals surface area (Å²) in [5.41, 5.74) is 1.59. The van der Waals surface area contributed by atoms with Crippen LogP contribution in [-0.2, 0) is 14.8 Å². The third-order valence-electron chi connectivity index (χ3n) is 4.34. The van der Waals surface area contributed by atoms with Crippen molar-refractivity contribution in [2.24, 2.45) is 0 Å². The van der Waals surface area contributed by atoms with Crippen LogP contribution in [0.1, 0.15) is 22.3 Å². The molecule has 0 bridgehead atoms. The minimum Gasteiger partial charge on any atom is -0.497 e. The number of anilines is 1. The Hall–Kier alpha value is -2.58. The lowest BCUT2D eigenvalue weighted by Gasteiger charge is -2.22. The Bertz CT molecular complexity index is 911. The van der Waals surface area contributed by atoms with Gasteiger partial charge in [-0.05, 0) is 55.3 Å². The Morgan fingerprint density at radius 1 is 1.11 bits per heavy atom. The number of hydrogen-bond acceptors (Lipinski definition) is 5. The molecule has 0 saturated carbocycles. The molecule has 0 spiro atoms. The zero-order valence-electron chi connectivity index (χ0n) is 16.6. The van der Waals surface area contributed by atoms with E-state index in [1.807, 2.05) is 0 Å². The fourth-order valence-corrected chi connectivity index (χ4v) is 3.90. The Morgan fingerprint density at radius 3 is 2.39 bits per heavy atom. The fourth-order valence-electron chi connectivity index (χ4n) is 2.65. The van der Waals surface area contributed by atoms with Crippen LogP contribution in [0.25, 0.3) is 0 Å². The van der Waals surface area contributed by atoms with Gasteiger partial charge in [-0.1, -0.05) is 6.07 Å². The van der Waals surface area contributed by atoms with Gasteiger partial charge in [-0.3, -0.25) is 9.10 Å². The Labute approximate surface area is 166 Å². The summed E-state index contributed by atoms with van der Waals surface area (Å²) in [4.78, 5) is 12.5. The molecule has 0 unspecified atom stereocenters. The molecule has 7 nitrogen and oxygen atoms in total. The van der Waals surface area contributed by atoms with Crippen molar-refractivity contribution in [3.8, 4) is 5.75 Å². The number of rotatable bonds is 9. The van der Waals surface area contributed by atoms with Crippen molar-refractivity contribution in [2.75, 3.05) is 38.7 Å². The maximum atomic E-state index is 13.0. The average Bonchev–Trinajstić information content (AvgIpc) is 2.70. The molecule has 1 amide bonds. The SMILES string of the molecule is COCCCNC(=O)c1ccc(C)c(N(C)S(=O)(=O)c2ccc(OC)cc2)c1. The second kappa shape index (κ2) is 9.57. The largest absolute Gasteiger partial charge is 0.497 e. The van der Waals surface area contributed by atoms with Gasteiger partial charge in [-0.15, -0.1) is 0 Å². The van der Waals surface area contributed by atoms with E-state index in [1.54, 1.807) is 44.4 Å². The van der Waals surface area contributed by atoms with Gasteiger partial charge in [0.1, 0.15) is 5.75 Å². The predicted molar refractivity (Wildman–Crippen MR) is 109 cm³/mol. The van der Waals surface area contributed by atoms with Crippen molar-refractivity contribution >= 4 is 21.6 Å². The minimum atomic E-state index is -3.78. The van der Waals surface area contributed by atoms with E-state index in [1.165, 1.54) is 30.6 Å². The number of hydrogen-bond donors (Lipinski definition) is 1. The van der Waals surface area contributed by atoms with Crippen LogP contribution < -0.4 is 14.4 Å². The van der Waals surface area contributed by atoms with Gasteiger partial charge in [0, 0.05) is 32.9 Å². The Kier molecular flexibility index (Phi) is 7.42. The molecule has 0 saturated heterocycles. The highest BCUT2D eigenvalue weighted by atomic mass is 32.2. The highest BCUT2D eigenvalue weighted by Gasteiger charge is 2.23.